The summed E-state index contributed by atoms with van der Waals surface area (Å²) in [6.07, 6.45) is 0. The Labute approximate surface area is 121 Å². The molecule has 1 aromatic carbocycles. The molecule has 0 aliphatic carbocycles. The van der Waals surface area contributed by atoms with Crippen LogP contribution in [0.1, 0.15) is 29.8 Å². The minimum absolute atomic E-state index is 0.239. The number of nitrogens with one attached hydrogen (secondary N) is 1. The number of nitrogens with two attached hydrogens (primary N) is 1. The van der Waals surface area contributed by atoms with Gasteiger partial charge in [-0.05, 0) is 39.2 Å². The van der Waals surface area contributed by atoms with E-state index in [1.165, 1.54) is 0 Å². The molecule has 0 saturated heterocycles. The fraction of sp³-hybridized carbons (Fsp3) is 0.533. The lowest BCUT2D eigenvalue weighted by Gasteiger charge is -2.30. The zero-order valence-electron chi connectivity index (χ0n) is 12.9. The Kier molecular flexibility index (Phi) is 6.64. The molecule has 0 spiro atoms. The maximum Gasteiger partial charge on any atom is 0.265 e. The van der Waals surface area contributed by atoms with E-state index in [0.717, 1.165) is 25.2 Å². The Morgan fingerprint density at radius 3 is 2.55 bits per heavy atom. The van der Waals surface area contributed by atoms with Gasteiger partial charge in [-0.15, -0.1) is 0 Å². The van der Waals surface area contributed by atoms with E-state index in [1.807, 2.05) is 24.3 Å². The monoisotopic (exact) mass is 278 g/mol. The lowest BCUT2D eigenvalue weighted by molar-refractivity contribution is 0.0950. The van der Waals surface area contributed by atoms with E-state index in [9.17, 15) is 4.79 Å². The molecule has 20 heavy (non-hydrogen) atoms. The van der Waals surface area contributed by atoms with Gasteiger partial charge in [0.25, 0.3) is 5.91 Å². The SMILES string of the molecule is CCN(Cc1ccccc1C(=O)NN)C(C)CN(C)C. The topological polar surface area (TPSA) is 61.6 Å². The molecule has 5 heteroatoms. The Bertz CT molecular complexity index is 434. The Morgan fingerprint density at radius 1 is 1.35 bits per heavy atom. The van der Waals surface area contributed by atoms with Crippen LogP contribution in [-0.4, -0.2) is 48.9 Å². The molecule has 3 N–H and O–H groups in total. The number of hydrazine groups is 1. The first-order valence-electron chi connectivity index (χ1n) is 6.97. The van der Waals surface area contributed by atoms with Crippen molar-refractivity contribution in [1.82, 2.24) is 15.2 Å². The highest BCUT2D eigenvalue weighted by Crippen LogP contribution is 2.14. The second kappa shape index (κ2) is 7.99. The summed E-state index contributed by atoms with van der Waals surface area (Å²) >= 11 is 0. The van der Waals surface area contributed by atoms with Crippen LogP contribution in [0.25, 0.3) is 0 Å². The van der Waals surface area contributed by atoms with E-state index in [2.05, 4.69) is 43.2 Å². The first-order chi connectivity index (χ1) is 9.49. The van der Waals surface area contributed by atoms with E-state index in [4.69, 9.17) is 5.84 Å². The summed E-state index contributed by atoms with van der Waals surface area (Å²) in [5.74, 6) is 5.00. The Balaban J connectivity index is 2.87. The zero-order valence-corrected chi connectivity index (χ0v) is 12.9. The lowest BCUT2D eigenvalue weighted by atomic mass is 10.1. The molecule has 0 fully saturated rings. The first kappa shape index (κ1) is 16.6. The van der Waals surface area contributed by atoms with Crippen LogP contribution in [0.3, 0.4) is 0 Å². The number of nitrogen functional groups attached to an aromatic ring is 1. The fourth-order valence-corrected chi connectivity index (χ4v) is 2.40. The van der Waals surface area contributed by atoms with Gasteiger partial charge in [-0.25, -0.2) is 5.84 Å². The van der Waals surface area contributed by atoms with Gasteiger partial charge < -0.3 is 4.90 Å². The molecule has 0 aromatic heterocycles. The number of carbonyl (C=O) groups excluding carboxylic acids is 1. The van der Waals surface area contributed by atoms with Crippen molar-refractivity contribution in [2.75, 3.05) is 27.2 Å². The largest absolute Gasteiger partial charge is 0.308 e. The number of benzene rings is 1. The average molecular weight is 278 g/mol. The average Bonchev–Trinajstić information content (AvgIpc) is 2.43. The van der Waals surface area contributed by atoms with Crippen molar-refractivity contribution < 1.29 is 4.79 Å². The summed E-state index contributed by atoms with van der Waals surface area (Å²) in [5.41, 5.74) is 3.86. The van der Waals surface area contributed by atoms with Crippen LogP contribution in [-0.2, 0) is 6.54 Å². The van der Waals surface area contributed by atoms with Gasteiger partial charge in [0, 0.05) is 24.7 Å². The molecule has 0 bridgehead atoms. The number of likely N-dealkylation sites (N-methyl/N-ethyl adjacent to an activating group) is 2. The maximum atomic E-state index is 11.8. The molecule has 1 unspecified atom stereocenters. The van der Waals surface area contributed by atoms with Crippen molar-refractivity contribution in [3.63, 3.8) is 0 Å². The molecular formula is C15H26N4O. The van der Waals surface area contributed by atoms with Gasteiger partial charge in [0.15, 0.2) is 0 Å². The second-order valence-electron chi connectivity index (χ2n) is 5.30. The third-order valence-electron chi connectivity index (χ3n) is 3.43. The normalized spacial score (nSPS) is 12.8. The van der Waals surface area contributed by atoms with Gasteiger partial charge in [-0.1, -0.05) is 25.1 Å². The van der Waals surface area contributed by atoms with Crippen LogP contribution in [0, 0.1) is 0 Å². The predicted molar refractivity (Wildman–Crippen MR) is 82.2 cm³/mol. The van der Waals surface area contributed by atoms with Gasteiger partial charge in [-0.3, -0.25) is 15.1 Å². The van der Waals surface area contributed by atoms with Gasteiger partial charge in [-0.2, -0.15) is 0 Å². The third-order valence-corrected chi connectivity index (χ3v) is 3.43. The van der Waals surface area contributed by atoms with Crippen LogP contribution in [0.15, 0.2) is 24.3 Å². The molecule has 112 valence electrons. The number of hydrogen-bond acceptors (Lipinski definition) is 4. The highest BCUT2D eigenvalue weighted by atomic mass is 16.2. The second-order valence-corrected chi connectivity index (χ2v) is 5.30. The Hall–Kier alpha value is -1.43. The standard InChI is InChI=1S/C15H26N4O/c1-5-19(12(2)10-18(3)4)11-13-8-6-7-9-14(13)15(20)17-16/h6-9,12H,5,10-11,16H2,1-4H3,(H,17,20). The van der Waals surface area contributed by atoms with E-state index < -0.39 is 0 Å². The third kappa shape index (κ3) is 4.59. The van der Waals surface area contributed by atoms with Crippen molar-refractivity contribution in [1.29, 1.82) is 0 Å². The quantitative estimate of drug-likeness (QED) is 0.445. The van der Waals surface area contributed by atoms with Crippen LogP contribution in [0.2, 0.25) is 0 Å². The molecule has 0 radical (unpaired) electrons. The highest BCUT2D eigenvalue weighted by Gasteiger charge is 2.16. The minimum atomic E-state index is -0.239. The van der Waals surface area contributed by atoms with E-state index >= 15 is 0 Å². The van der Waals surface area contributed by atoms with Crippen LogP contribution in [0.4, 0.5) is 0 Å². The highest BCUT2D eigenvalue weighted by molar-refractivity contribution is 5.95. The Morgan fingerprint density at radius 2 is 2.00 bits per heavy atom. The summed E-state index contributed by atoms with van der Waals surface area (Å²) in [5, 5.41) is 0. The van der Waals surface area contributed by atoms with Crippen molar-refractivity contribution in [3.05, 3.63) is 35.4 Å². The maximum absolute atomic E-state index is 11.8. The molecule has 5 nitrogen and oxygen atoms in total. The number of rotatable bonds is 7. The van der Waals surface area contributed by atoms with Gasteiger partial charge >= 0.3 is 0 Å². The molecule has 1 rings (SSSR count). The molecule has 1 atom stereocenters. The number of carbonyl (C=O) groups is 1. The van der Waals surface area contributed by atoms with Gasteiger partial charge in [0.1, 0.15) is 0 Å². The smallest absolute Gasteiger partial charge is 0.265 e. The first-order valence-corrected chi connectivity index (χ1v) is 6.97. The molecular weight excluding hydrogens is 252 g/mol. The van der Waals surface area contributed by atoms with E-state index in [1.54, 1.807) is 0 Å². The molecule has 1 amide bonds. The summed E-state index contributed by atoms with van der Waals surface area (Å²) in [4.78, 5) is 16.3. The van der Waals surface area contributed by atoms with Gasteiger partial charge in [0.2, 0.25) is 0 Å². The van der Waals surface area contributed by atoms with Crippen LogP contribution < -0.4 is 11.3 Å². The van der Waals surface area contributed by atoms with E-state index in [-0.39, 0.29) is 5.91 Å². The number of nitrogens with zero attached hydrogens (tertiary/aromatic N) is 2. The molecule has 0 saturated carbocycles. The number of amides is 1. The van der Waals surface area contributed by atoms with Crippen molar-refractivity contribution in [2.24, 2.45) is 5.84 Å². The summed E-state index contributed by atoms with van der Waals surface area (Å²) < 4.78 is 0. The van der Waals surface area contributed by atoms with Crippen LogP contribution >= 0.6 is 0 Å². The van der Waals surface area contributed by atoms with Gasteiger partial charge in [0.05, 0.1) is 0 Å². The van der Waals surface area contributed by atoms with Crippen LogP contribution in [0.5, 0.6) is 0 Å². The molecule has 0 aliphatic heterocycles. The van der Waals surface area contributed by atoms with Crippen molar-refractivity contribution >= 4 is 5.91 Å². The zero-order chi connectivity index (χ0) is 15.1. The summed E-state index contributed by atoms with van der Waals surface area (Å²) in [6.45, 7) is 7.01. The van der Waals surface area contributed by atoms with Crippen molar-refractivity contribution in [3.8, 4) is 0 Å². The van der Waals surface area contributed by atoms with E-state index in [0.29, 0.717) is 11.6 Å². The predicted octanol–water partition coefficient (Wildman–Crippen LogP) is 1.06. The lowest BCUT2D eigenvalue weighted by Crippen LogP contribution is -2.40. The summed E-state index contributed by atoms with van der Waals surface area (Å²) in [7, 11) is 4.14. The molecule has 1 aromatic rings. The summed E-state index contributed by atoms with van der Waals surface area (Å²) in [6, 6.07) is 8.02. The molecule has 0 heterocycles. The fourth-order valence-electron chi connectivity index (χ4n) is 2.40. The minimum Gasteiger partial charge on any atom is -0.308 e. The molecule has 0 aliphatic rings. The number of hydrogen-bond donors (Lipinski definition) is 2. The van der Waals surface area contributed by atoms with Crippen molar-refractivity contribution in [2.45, 2.75) is 26.4 Å².